The lowest BCUT2D eigenvalue weighted by Gasteiger charge is -2.54. The van der Waals surface area contributed by atoms with Crippen LogP contribution in [0.1, 0.15) is 63.8 Å². The van der Waals surface area contributed by atoms with Gasteiger partial charge in [-0.05, 0) is 37.0 Å². The van der Waals surface area contributed by atoms with Crippen molar-refractivity contribution in [1.29, 1.82) is 0 Å². The van der Waals surface area contributed by atoms with Crippen molar-refractivity contribution in [2.24, 2.45) is 11.3 Å². The number of hydrogen-bond acceptors (Lipinski definition) is 4. The highest BCUT2D eigenvalue weighted by Crippen LogP contribution is 2.48. The Hall–Kier alpha value is -0.870. The van der Waals surface area contributed by atoms with Gasteiger partial charge in [-0.3, -0.25) is 0 Å². The van der Waals surface area contributed by atoms with Crippen molar-refractivity contribution in [2.75, 3.05) is 0 Å². The van der Waals surface area contributed by atoms with Crippen LogP contribution in [0.15, 0.2) is 10.6 Å². The van der Waals surface area contributed by atoms with Crippen LogP contribution in [-0.2, 0) is 13.0 Å². The average Bonchev–Trinajstić information content (AvgIpc) is 2.95. The van der Waals surface area contributed by atoms with Gasteiger partial charge < -0.3 is 14.9 Å². The van der Waals surface area contributed by atoms with Crippen LogP contribution in [0, 0.1) is 11.3 Å². The van der Waals surface area contributed by atoms with Crippen LogP contribution in [0.3, 0.4) is 0 Å². The molecule has 4 heteroatoms. The van der Waals surface area contributed by atoms with E-state index in [0.29, 0.717) is 23.1 Å². The van der Waals surface area contributed by atoms with Gasteiger partial charge in [0.15, 0.2) is 5.76 Å². The van der Waals surface area contributed by atoms with E-state index in [1.165, 1.54) is 38.5 Å². The van der Waals surface area contributed by atoms with E-state index in [4.69, 9.17) is 9.63 Å². The first-order valence-electron chi connectivity index (χ1n) is 8.41. The number of aromatic nitrogens is 1. The van der Waals surface area contributed by atoms with Crippen molar-refractivity contribution >= 4 is 0 Å². The van der Waals surface area contributed by atoms with Gasteiger partial charge in [-0.2, -0.15) is 0 Å². The summed E-state index contributed by atoms with van der Waals surface area (Å²) in [6.45, 7) is 4.68. The summed E-state index contributed by atoms with van der Waals surface area (Å²) in [5.41, 5.74) is 1.30. The third kappa shape index (κ3) is 3.16. The minimum absolute atomic E-state index is 0.0626. The molecule has 2 unspecified atom stereocenters. The molecular formula is C17H28N2O2. The predicted octanol–water partition coefficient (Wildman–Crippen LogP) is 3.05. The molecule has 118 valence electrons. The summed E-state index contributed by atoms with van der Waals surface area (Å²) in [7, 11) is 0. The lowest BCUT2D eigenvalue weighted by molar-refractivity contribution is 0.00398. The monoisotopic (exact) mass is 292 g/mol. The molecule has 0 aliphatic heterocycles. The largest absolute Gasteiger partial charge is 0.388 e. The van der Waals surface area contributed by atoms with Gasteiger partial charge in [-0.1, -0.05) is 38.3 Å². The molecule has 2 aliphatic carbocycles. The van der Waals surface area contributed by atoms with Gasteiger partial charge in [0.05, 0.1) is 5.69 Å². The second kappa shape index (κ2) is 6.09. The maximum atomic E-state index is 9.04. The second-order valence-electron chi connectivity index (χ2n) is 7.45. The Labute approximate surface area is 127 Å². The lowest BCUT2D eigenvalue weighted by Crippen LogP contribution is -2.59. The molecule has 0 amide bonds. The Morgan fingerprint density at radius 2 is 2.10 bits per heavy atom. The first-order chi connectivity index (χ1) is 10.1. The van der Waals surface area contributed by atoms with Gasteiger partial charge in [0.1, 0.15) is 6.61 Å². The Bertz CT molecular complexity index is 463. The molecule has 2 N–H and O–H groups in total. The second-order valence-corrected chi connectivity index (χ2v) is 7.45. The molecule has 21 heavy (non-hydrogen) atoms. The van der Waals surface area contributed by atoms with E-state index in [-0.39, 0.29) is 6.61 Å². The van der Waals surface area contributed by atoms with Crippen LogP contribution in [0.5, 0.6) is 0 Å². The fourth-order valence-electron chi connectivity index (χ4n) is 3.98. The number of aliphatic hydroxyl groups is 1. The Morgan fingerprint density at radius 1 is 1.33 bits per heavy atom. The van der Waals surface area contributed by atoms with Crippen LogP contribution in [0.4, 0.5) is 0 Å². The maximum Gasteiger partial charge on any atom is 0.162 e. The molecule has 1 aromatic rings. The van der Waals surface area contributed by atoms with E-state index >= 15 is 0 Å². The molecule has 0 bridgehead atoms. The van der Waals surface area contributed by atoms with E-state index in [9.17, 15) is 0 Å². The highest BCUT2D eigenvalue weighted by atomic mass is 16.5. The molecule has 3 rings (SSSR count). The molecule has 0 spiro atoms. The summed E-state index contributed by atoms with van der Waals surface area (Å²) in [4.78, 5) is 0. The minimum Gasteiger partial charge on any atom is -0.388 e. The molecule has 0 radical (unpaired) electrons. The standard InChI is InChI=1S/C17H28N2O2/c1-17(2)12(8-14-10-15(11-20)21-19-14)9-16(17)18-13-6-4-3-5-7-13/h10,12-13,16,18,20H,3-9,11H2,1-2H3. The quantitative estimate of drug-likeness (QED) is 0.876. The average molecular weight is 292 g/mol. The molecule has 1 aromatic heterocycles. The minimum atomic E-state index is -0.0626. The first kappa shape index (κ1) is 15.0. The smallest absolute Gasteiger partial charge is 0.162 e. The van der Waals surface area contributed by atoms with Crippen LogP contribution < -0.4 is 5.32 Å². The summed E-state index contributed by atoms with van der Waals surface area (Å²) < 4.78 is 5.08. The lowest BCUT2D eigenvalue weighted by atomic mass is 9.57. The van der Waals surface area contributed by atoms with E-state index in [1.54, 1.807) is 0 Å². The predicted molar refractivity (Wildman–Crippen MR) is 81.8 cm³/mol. The SMILES string of the molecule is CC1(C)C(Cc2cc(CO)on2)CC1NC1CCCCC1. The fourth-order valence-corrected chi connectivity index (χ4v) is 3.98. The zero-order valence-electron chi connectivity index (χ0n) is 13.3. The maximum absolute atomic E-state index is 9.04. The Balaban J connectivity index is 1.52. The van der Waals surface area contributed by atoms with Gasteiger partial charge in [0.2, 0.25) is 0 Å². The molecule has 0 aromatic carbocycles. The molecule has 2 atom stereocenters. The van der Waals surface area contributed by atoms with Crippen LogP contribution in [-0.4, -0.2) is 22.3 Å². The summed E-state index contributed by atoms with van der Waals surface area (Å²) in [6, 6.07) is 3.25. The van der Waals surface area contributed by atoms with Crippen molar-refractivity contribution in [3.05, 3.63) is 17.5 Å². The van der Waals surface area contributed by atoms with Crippen molar-refractivity contribution in [1.82, 2.24) is 10.5 Å². The Morgan fingerprint density at radius 3 is 2.71 bits per heavy atom. The number of aliphatic hydroxyl groups excluding tert-OH is 1. The highest BCUT2D eigenvalue weighted by molar-refractivity contribution is 5.11. The molecular weight excluding hydrogens is 264 g/mol. The number of nitrogens with zero attached hydrogens (tertiary/aromatic N) is 1. The van der Waals surface area contributed by atoms with E-state index in [0.717, 1.165) is 18.2 Å². The van der Waals surface area contributed by atoms with Gasteiger partial charge in [-0.15, -0.1) is 0 Å². The van der Waals surface area contributed by atoms with E-state index in [1.807, 2.05) is 6.07 Å². The molecule has 2 fully saturated rings. The summed E-state index contributed by atoms with van der Waals surface area (Å²) in [6.07, 6.45) is 9.06. The van der Waals surface area contributed by atoms with Crippen molar-refractivity contribution in [2.45, 2.75) is 77.5 Å². The van der Waals surface area contributed by atoms with Gasteiger partial charge in [-0.25, -0.2) is 0 Å². The van der Waals surface area contributed by atoms with Crippen LogP contribution >= 0.6 is 0 Å². The zero-order chi connectivity index (χ0) is 14.9. The van der Waals surface area contributed by atoms with E-state index < -0.39 is 0 Å². The molecule has 4 nitrogen and oxygen atoms in total. The summed E-state index contributed by atoms with van der Waals surface area (Å²) >= 11 is 0. The zero-order valence-corrected chi connectivity index (χ0v) is 13.3. The third-order valence-electron chi connectivity index (χ3n) is 5.73. The highest BCUT2D eigenvalue weighted by Gasteiger charge is 2.48. The molecule has 2 saturated carbocycles. The number of rotatable bonds is 5. The van der Waals surface area contributed by atoms with E-state index in [2.05, 4.69) is 24.3 Å². The van der Waals surface area contributed by atoms with Gasteiger partial charge in [0, 0.05) is 18.2 Å². The summed E-state index contributed by atoms with van der Waals surface area (Å²) in [5.74, 6) is 1.22. The van der Waals surface area contributed by atoms with Crippen molar-refractivity contribution in [3.8, 4) is 0 Å². The molecule has 2 aliphatic rings. The normalized spacial score (nSPS) is 29.3. The number of hydrogen-bond donors (Lipinski definition) is 2. The topological polar surface area (TPSA) is 58.3 Å². The summed E-state index contributed by atoms with van der Waals surface area (Å²) in [5, 5.41) is 17.0. The van der Waals surface area contributed by atoms with Gasteiger partial charge in [0.25, 0.3) is 0 Å². The fraction of sp³-hybridized carbons (Fsp3) is 0.824. The number of nitrogens with one attached hydrogen (secondary N) is 1. The van der Waals surface area contributed by atoms with Crippen molar-refractivity contribution in [3.63, 3.8) is 0 Å². The molecule has 1 heterocycles. The van der Waals surface area contributed by atoms with Crippen molar-refractivity contribution < 1.29 is 9.63 Å². The molecule has 0 saturated heterocycles. The van der Waals surface area contributed by atoms with Crippen LogP contribution in [0.25, 0.3) is 0 Å². The first-order valence-corrected chi connectivity index (χ1v) is 8.41. The third-order valence-corrected chi connectivity index (χ3v) is 5.73. The Kier molecular flexibility index (Phi) is 4.36. The van der Waals surface area contributed by atoms with Gasteiger partial charge >= 0.3 is 0 Å². The van der Waals surface area contributed by atoms with Crippen LogP contribution in [0.2, 0.25) is 0 Å².